The van der Waals surface area contributed by atoms with Gasteiger partial charge in [0.05, 0.1) is 6.61 Å². The van der Waals surface area contributed by atoms with Crippen LogP contribution in [0.1, 0.15) is 18.2 Å². The third-order valence-corrected chi connectivity index (χ3v) is 5.13. The number of ether oxygens (including phenoxy) is 1. The second-order valence-corrected chi connectivity index (χ2v) is 7.19. The van der Waals surface area contributed by atoms with Crippen LogP contribution in [0.3, 0.4) is 0 Å². The van der Waals surface area contributed by atoms with Gasteiger partial charge in [0.1, 0.15) is 6.54 Å². The van der Waals surface area contributed by atoms with E-state index in [4.69, 9.17) is 4.74 Å². The van der Waals surface area contributed by atoms with Gasteiger partial charge in [-0.25, -0.2) is 4.79 Å². The first-order chi connectivity index (χ1) is 14.9. The number of benzene rings is 1. The summed E-state index contributed by atoms with van der Waals surface area (Å²) in [5.74, 6) is 0.0123. The number of allylic oxidation sites excluding steroid dienone is 1. The quantitative estimate of drug-likeness (QED) is 0.442. The summed E-state index contributed by atoms with van der Waals surface area (Å²) in [6.45, 7) is 3.95. The molecule has 4 aromatic rings. The zero-order valence-electron chi connectivity index (χ0n) is 17.6. The van der Waals surface area contributed by atoms with E-state index in [1.165, 1.54) is 9.13 Å². The summed E-state index contributed by atoms with van der Waals surface area (Å²) in [5.41, 5.74) is 1.40. The molecule has 0 aliphatic rings. The minimum absolute atomic E-state index is 0.0263. The van der Waals surface area contributed by atoms with Gasteiger partial charge in [-0.1, -0.05) is 42.5 Å². The Hall–Kier alpha value is -3.88. The number of aryl methyl sites for hydroxylation is 2. The van der Waals surface area contributed by atoms with Crippen molar-refractivity contribution < 1.29 is 9.53 Å². The topological polar surface area (TPSA) is 92.5 Å². The zero-order valence-corrected chi connectivity index (χ0v) is 17.6. The van der Waals surface area contributed by atoms with Crippen molar-refractivity contribution in [3.05, 3.63) is 74.7 Å². The molecule has 3 aromatic heterocycles. The van der Waals surface area contributed by atoms with Crippen LogP contribution in [0.5, 0.6) is 0 Å². The smallest absolute Gasteiger partial charge is 0.332 e. The van der Waals surface area contributed by atoms with E-state index < -0.39 is 17.2 Å². The fraction of sp³-hybridized carbons (Fsp3) is 0.273. The fourth-order valence-corrected chi connectivity index (χ4v) is 3.61. The Morgan fingerprint density at radius 3 is 2.61 bits per heavy atom. The summed E-state index contributed by atoms with van der Waals surface area (Å²) in [7, 11) is 1.58. The molecule has 31 heavy (non-hydrogen) atoms. The molecule has 0 aliphatic carbocycles. The van der Waals surface area contributed by atoms with Crippen LogP contribution < -0.4 is 11.2 Å². The second-order valence-electron chi connectivity index (χ2n) is 7.19. The Balaban J connectivity index is 1.82. The Morgan fingerprint density at radius 2 is 1.90 bits per heavy atom. The van der Waals surface area contributed by atoms with Crippen molar-refractivity contribution in [2.24, 2.45) is 7.05 Å². The van der Waals surface area contributed by atoms with Gasteiger partial charge in [0.25, 0.3) is 5.56 Å². The van der Waals surface area contributed by atoms with Crippen molar-refractivity contribution in [3.8, 4) is 0 Å². The maximum atomic E-state index is 13.2. The molecule has 4 rings (SSSR count). The predicted molar refractivity (Wildman–Crippen MR) is 117 cm³/mol. The number of imidazole rings is 2. The molecule has 0 fully saturated rings. The van der Waals surface area contributed by atoms with Gasteiger partial charge in [-0.3, -0.25) is 23.1 Å². The van der Waals surface area contributed by atoms with E-state index in [0.717, 1.165) is 11.3 Å². The number of hydrogen-bond donors (Lipinski definition) is 0. The van der Waals surface area contributed by atoms with Crippen LogP contribution in [0, 0.1) is 6.92 Å². The standard InChI is InChI=1S/C22H23N5O4/c1-4-31-17(28)14-26-15(2)13-27-18-19(23-21(26)27)24(3)22(30)25(20(18)29)12-8-11-16-9-6-5-7-10-16/h5-11,13H,4,12,14H2,1-3H3/b11-8-. The largest absolute Gasteiger partial charge is 0.465 e. The Bertz CT molecular complexity index is 1420. The van der Waals surface area contributed by atoms with E-state index in [1.54, 1.807) is 35.2 Å². The van der Waals surface area contributed by atoms with E-state index in [1.807, 2.05) is 43.3 Å². The lowest BCUT2D eigenvalue weighted by Gasteiger charge is -2.06. The summed E-state index contributed by atoms with van der Waals surface area (Å²) in [5, 5.41) is 0. The minimum Gasteiger partial charge on any atom is -0.465 e. The molecule has 0 atom stereocenters. The molecule has 0 amide bonds. The van der Waals surface area contributed by atoms with E-state index in [0.29, 0.717) is 5.78 Å². The molecule has 160 valence electrons. The average molecular weight is 421 g/mol. The monoisotopic (exact) mass is 421 g/mol. The van der Waals surface area contributed by atoms with Crippen molar-refractivity contribution >= 4 is 29.0 Å². The number of hydrogen-bond acceptors (Lipinski definition) is 5. The molecule has 0 aliphatic heterocycles. The molecule has 0 bridgehead atoms. The summed E-state index contributed by atoms with van der Waals surface area (Å²) >= 11 is 0. The number of carbonyl (C=O) groups is 1. The average Bonchev–Trinajstić information content (AvgIpc) is 3.26. The molecular weight excluding hydrogens is 398 g/mol. The van der Waals surface area contributed by atoms with Crippen LogP contribution in [-0.4, -0.2) is 35.7 Å². The third-order valence-electron chi connectivity index (χ3n) is 5.13. The highest BCUT2D eigenvalue weighted by Crippen LogP contribution is 2.16. The van der Waals surface area contributed by atoms with Gasteiger partial charge in [0, 0.05) is 25.5 Å². The van der Waals surface area contributed by atoms with Gasteiger partial charge in [-0.15, -0.1) is 0 Å². The first kappa shape index (κ1) is 20.4. The normalized spacial score (nSPS) is 11.7. The molecule has 0 N–H and O–H groups in total. The number of nitrogens with zero attached hydrogens (tertiary/aromatic N) is 5. The summed E-state index contributed by atoms with van der Waals surface area (Å²) in [6.07, 6.45) is 5.38. The lowest BCUT2D eigenvalue weighted by Crippen LogP contribution is -2.39. The van der Waals surface area contributed by atoms with Gasteiger partial charge in [-0.05, 0) is 19.4 Å². The number of esters is 1. The highest BCUT2D eigenvalue weighted by molar-refractivity contribution is 5.77. The molecule has 0 unspecified atom stereocenters. The third kappa shape index (κ3) is 3.58. The van der Waals surface area contributed by atoms with Gasteiger partial charge in [0.2, 0.25) is 5.78 Å². The predicted octanol–water partition coefficient (Wildman–Crippen LogP) is 1.73. The molecule has 3 heterocycles. The summed E-state index contributed by atoms with van der Waals surface area (Å²) < 4.78 is 10.9. The molecule has 0 saturated heterocycles. The maximum Gasteiger partial charge on any atom is 0.332 e. The highest BCUT2D eigenvalue weighted by Gasteiger charge is 2.20. The molecule has 9 heteroatoms. The Morgan fingerprint density at radius 1 is 1.16 bits per heavy atom. The van der Waals surface area contributed by atoms with Crippen LogP contribution in [0.15, 0.2) is 52.2 Å². The Kier molecular flexibility index (Phi) is 5.33. The lowest BCUT2D eigenvalue weighted by molar-refractivity contribution is -0.143. The zero-order chi connectivity index (χ0) is 22.1. The molecular formula is C22H23N5O4. The first-order valence-corrected chi connectivity index (χ1v) is 9.97. The second kappa shape index (κ2) is 8.10. The summed E-state index contributed by atoms with van der Waals surface area (Å²) in [4.78, 5) is 42.5. The molecule has 9 nitrogen and oxygen atoms in total. The van der Waals surface area contributed by atoms with Crippen molar-refractivity contribution in [3.63, 3.8) is 0 Å². The van der Waals surface area contributed by atoms with E-state index in [9.17, 15) is 14.4 Å². The molecule has 1 aromatic carbocycles. The van der Waals surface area contributed by atoms with Crippen LogP contribution >= 0.6 is 0 Å². The Labute approximate surface area is 177 Å². The number of carbonyl (C=O) groups excluding carboxylic acids is 1. The molecule has 0 spiro atoms. The maximum absolute atomic E-state index is 13.2. The number of aromatic nitrogens is 5. The van der Waals surface area contributed by atoms with Crippen molar-refractivity contribution in [1.29, 1.82) is 0 Å². The van der Waals surface area contributed by atoms with Gasteiger partial charge in [-0.2, -0.15) is 4.98 Å². The van der Waals surface area contributed by atoms with Crippen LogP contribution in [0.4, 0.5) is 0 Å². The number of fused-ring (bicyclic) bond motifs is 3. The van der Waals surface area contributed by atoms with Crippen LogP contribution in [0.2, 0.25) is 0 Å². The van der Waals surface area contributed by atoms with E-state index in [-0.39, 0.29) is 30.9 Å². The highest BCUT2D eigenvalue weighted by atomic mass is 16.5. The van der Waals surface area contributed by atoms with Crippen molar-refractivity contribution in [1.82, 2.24) is 23.1 Å². The van der Waals surface area contributed by atoms with Crippen molar-refractivity contribution in [2.75, 3.05) is 6.61 Å². The van der Waals surface area contributed by atoms with Crippen LogP contribution in [-0.2, 0) is 29.7 Å². The van der Waals surface area contributed by atoms with Gasteiger partial charge < -0.3 is 9.30 Å². The molecule has 0 saturated carbocycles. The minimum atomic E-state index is -0.454. The molecule has 0 radical (unpaired) electrons. The van der Waals surface area contributed by atoms with E-state index in [2.05, 4.69) is 4.98 Å². The fourth-order valence-electron chi connectivity index (χ4n) is 3.61. The lowest BCUT2D eigenvalue weighted by atomic mass is 10.2. The van der Waals surface area contributed by atoms with Crippen LogP contribution in [0.25, 0.3) is 23.0 Å². The van der Waals surface area contributed by atoms with Gasteiger partial charge in [0.15, 0.2) is 11.2 Å². The summed E-state index contributed by atoms with van der Waals surface area (Å²) in [6, 6.07) is 9.64. The number of rotatable bonds is 6. The first-order valence-electron chi connectivity index (χ1n) is 9.97. The van der Waals surface area contributed by atoms with Crippen molar-refractivity contribution in [2.45, 2.75) is 26.9 Å². The SMILES string of the molecule is CCOC(=O)Cn1c(C)cn2c3c(=O)n(C/C=C\c4ccccc4)c(=O)n(C)c3nc12. The van der Waals surface area contributed by atoms with E-state index >= 15 is 0 Å². The van der Waals surface area contributed by atoms with Gasteiger partial charge >= 0.3 is 11.7 Å².